The first-order valence-electron chi connectivity index (χ1n) is 8.83. The summed E-state index contributed by atoms with van der Waals surface area (Å²) >= 11 is 0. The molecule has 1 amide bonds. The first-order chi connectivity index (χ1) is 12.8. The van der Waals surface area contributed by atoms with Crippen LogP contribution in [0, 0.1) is 5.92 Å². The molecule has 0 aliphatic carbocycles. The average Bonchev–Trinajstić information content (AvgIpc) is 2.68. The van der Waals surface area contributed by atoms with E-state index in [4.69, 9.17) is 4.79 Å². The molecule has 7 heteroatoms. The summed E-state index contributed by atoms with van der Waals surface area (Å²) < 4.78 is 31.2. The number of carbonyl (C=O) groups excluding carboxylic acids is 2. The zero-order valence-electron chi connectivity index (χ0n) is 15.1. The lowest BCUT2D eigenvalue weighted by atomic mass is 9.96. The second-order valence-electron chi connectivity index (χ2n) is 6.52. The van der Waals surface area contributed by atoms with E-state index < -0.39 is 12.5 Å². The van der Waals surface area contributed by atoms with Gasteiger partial charge in [-0.2, -0.15) is 13.2 Å². The molecule has 0 spiro atoms. The summed E-state index contributed by atoms with van der Waals surface area (Å²) in [4.78, 5) is 21.0. The van der Waals surface area contributed by atoms with E-state index in [0.717, 1.165) is 31.5 Å². The van der Waals surface area contributed by atoms with Crippen molar-refractivity contribution in [2.24, 2.45) is 5.92 Å². The summed E-state index contributed by atoms with van der Waals surface area (Å²) in [6.07, 6.45) is -3.82. The second kappa shape index (κ2) is 9.50. The fourth-order valence-corrected chi connectivity index (χ4v) is 2.98. The van der Waals surface area contributed by atoms with Crippen LogP contribution in [0.25, 0.3) is 10.8 Å². The third-order valence-corrected chi connectivity index (χ3v) is 4.48. The van der Waals surface area contributed by atoms with Crippen LogP contribution in [0.15, 0.2) is 42.5 Å². The van der Waals surface area contributed by atoms with E-state index in [1.807, 2.05) is 12.1 Å². The van der Waals surface area contributed by atoms with E-state index in [2.05, 4.69) is 47.9 Å². The van der Waals surface area contributed by atoms with E-state index in [-0.39, 0.29) is 17.9 Å². The van der Waals surface area contributed by atoms with Crippen LogP contribution in [0.2, 0.25) is 0 Å². The van der Waals surface area contributed by atoms with E-state index in [1.165, 1.54) is 10.8 Å². The lowest BCUT2D eigenvalue weighted by Crippen LogP contribution is -2.39. The molecule has 2 aromatic carbocycles. The molecule has 3 rings (SSSR count). The van der Waals surface area contributed by atoms with Gasteiger partial charge in [0.15, 0.2) is 0 Å². The molecule has 1 unspecified atom stereocenters. The van der Waals surface area contributed by atoms with Crippen LogP contribution in [0.3, 0.4) is 0 Å². The smallest absolute Gasteiger partial charge is 0.349 e. The molecule has 1 saturated heterocycles. The Morgan fingerprint density at radius 1 is 1.15 bits per heavy atom. The highest BCUT2D eigenvalue weighted by atomic mass is 19.4. The molecule has 0 radical (unpaired) electrons. The Labute approximate surface area is 156 Å². The third-order valence-electron chi connectivity index (χ3n) is 4.48. The maximum atomic E-state index is 12.3. The molecular weight excluding hydrogens is 357 g/mol. The van der Waals surface area contributed by atoms with Crippen LogP contribution in [0.5, 0.6) is 0 Å². The molecule has 0 aromatic heterocycles. The van der Waals surface area contributed by atoms with E-state index in [9.17, 15) is 18.0 Å². The molecule has 0 saturated carbocycles. The number of benzene rings is 2. The SMILES string of the molecule is CC(NC(=O)C1CCNCC1)c1ccc2ccccc2c1.O=CC(F)(F)F. The van der Waals surface area contributed by atoms with Gasteiger partial charge in [-0.1, -0.05) is 36.4 Å². The number of nitrogens with one attached hydrogen (secondary N) is 2. The van der Waals surface area contributed by atoms with E-state index >= 15 is 0 Å². The number of carbonyl (C=O) groups is 2. The quantitative estimate of drug-likeness (QED) is 0.797. The van der Waals surface area contributed by atoms with Crippen LogP contribution in [-0.4, -0.2) is 31.5 Å². The van der Waals surface area contributed by atoms with Crippen molar-refractivity contribution in [2.75, 3.05) is 13.1 Å². The molecule has 2 N–H and O–H groups in total. The molecule has 27 heavy (non-hydrogen) atoms. The van der Waals surface area contributed by atoms with Crippen LogP contribution >= 0.6 is 0 Å². The van der Waals surface area contributed by atoms with Crippen molar-refractivity contribution in [2.45, 2.75) is 32.0 Å². The predicted molar refractivity (Wildman–Crippen MR) is 98.2 cm³/mol. The monoisotopic (exact) mass is 380 g/mol. The minimum absolute atomic E-state index is 0.0528. The minimum Gasteiger partial charge on any atom is -0.349 e. The number of rotatable bonds is 3. The third kappa shape index (κ3) is 6.67. The van der Waals surface area contributed by atoms with E-state index in [1.54, 1.807) is 0 Å². The van der Waals surface area contributed by atoms with Gasteiger partial charge in [0.1, 0.15) is 0 Å². The van der Waals surface area contributed by atoms with Gasteiger partial charge < -0.3 is 10.6 Å². The van der Waals surface area contributed by atoms with Crippen LogP contribution in [0.4, 0.5) is 13.2 Å². The second-order valence-corrected chi connectivity index (χ2v) is 6.52. The number of fused-ring (bicyclic) bond motifs is 1. The average molecular weight is 380 g/mol. The molecule has 146 valence electrons. The molecule has 1 aliphatic heterocycles. The van der Waals surface area contributed by atoms with Crippen molar-refractivity contribution >= 4 is 23.0 Å². The summed E-state index contributed by atoms with van der Waals surface area (Å²) in [6.45, 7) is 3.95. The van der Waals surface area contributed by atoms with Gasteiger partial charge in [-0.25, -0.2) is 0 Å². The molecular formula is C20H23F3N2O2. The summed E-state index contributed by atoms with van der Waals surface area (Å²) in [7, 11) is 0. The Hall–Kier alpha value is -2.41. The molecule has 1 atom stereocenters. The highest BCUT2D eigenvalue weighted by Gasteiger charge is 2.25. The van der Waals surface area contributed by atoms with Gasteiger partial charge in [-0.3, -0.25) is 9.59 Å². The Morgan fingerprint density at radius 2 is 1.74 bits per heavy atom. The zero-order chi connectivity index (χ0) is 19.9. The summed E-state index contributed by atoms with van der Waals surface area (Å²) in [5, 5.41) is 8.91. The Morgan fingerprint density at radius 3 is 2.33 bits per heavy atom. The number of hydrogen-bond donors (Lipinski definition) is 2. The summed E-state index contributed by atoms with van der Waals surface area (Å²) in [6, 6.07) is 14.8. The Balaban J connectivity index is 0.000000380. The lowest BCUT2D eigenvalue weighted by molar-refractivity contribution is -0.156. The van der Waals surface area contributed by atoms with Crippen molar-refractivity contribution in [3.8, 4) is 0 Å². The number of halogens is 3. The van der Waals surface area contributed by atoms with Crippen molar-refractivity contribution < 1.29 is 22.8 Å². The minimum atomic E-state index is -4.64. The maximum Gasteiger partial charge on any atom is 0.446 e. The Kier molecular flexibility index (Phi) is 7.36. The van der Waals surface area contributed by atoms with Crippen LogP contribution in [-0.2, 0) is 9.59 Å². The van der Waals surface area contributed by atoms with Crippen molar-refractivity contribution in [3.63, 3.8) is 0 Å². The van der Waals surface area contributed by atoms with Gasteiger partial charge in [0.2, 0.25) is 12.2 Å². The normalized spacial score (nSPS) is 16.1. The van der Waals surface area contributed by atoms with Gasteiger partial charge in [0, 0.05) is 5.92 Å². The zero-order valence-corrected chi connectivity index (χ0v) is 15.1. The standard InChI is InChI=1S/C18H22N2O.C2HF3O/c1-13(20-18(21)15-8-10-19-11-9-15)16-7-6-14-4-2-3-5-17(14)12-16;3-2(4,5)1-6/h2-7,12-13,15,19H,8-11H2,1H3,(H,20,21);1H. The van der Waals surface area contributed by atoms with Crippen molar-refractivity contribution in [1.82, 2.24) is 10.6 Å². The van der Waals surface area contributed by atoms with E-state index in [0.29, 0.717) is 0 Å². The first-order valence-corrected chi connectivity index (χ1v) is 8.83. The van der Waals surface area contributed by atoms with Gasteiger partial charge in [0.25, 0.3) is 0 Å². The van der Waals surface area contributed by atoms with Gasteiger partial charge in [-0.15, -0.1) is 0 Å². The van der Waals surface area contributed by atoms with Crippen molar-refractivity contribution in [1.29, 1.82) is 0 Å². The molecule has 0 bridgehead atoms. The number of piperidine rings is 1. The van der Waals surface area contributed by atoms with Gasteiger partial charge in [0.05, 0.1) is 6.04 Å². The van der Waals surface area contributed by atoms with Crippen LogP contribution in [0.1, 0.15) is 31.4 Å². The largest absolute Gasteiger partial charge is 0.446 e. The molecule has 1 fully saturated rings. The lowest BCUT2D eigenvalue weighted by Gasteiger charge is -2.24. The predicted octanol–water partition coefficient (Wildman–Crippen LogP) is 3.76. The molecule has 1 heterocycles. The topological polar surface area (TPSA) is 58.2 Å². The number of alkyl halides is 3. The fraction of sp³-hybridized carbons (Fsp3) is 0.400. The molecule has 4 nitrogen and oxygen atoms in total. The maximum absolute atomic E-state index is 12.3. The van der Waals surface area contributed by atoms with Crippen molar-refractivity contribution in [3.05, 3.63) is 48.0 Å². The van der Waals surface area contributed by atoms with Gasteiger partial charge in [-0.05, 0) is 55.3 Å². The first kappa shape index (κ1) is 20.9. The highest BCUT2D eigenvalue weighted by molar-refractivity contribution is 5.83. The number of hydrogen-bond acceptors (Lipinski definition) is 3. The number of amides is 1. The highest BCUT2D eigenvalue weighted by Crippen LogP contribution is 2.21. The van der Waals surface area contributed by atoms with Crippen LogP contribution < -0.4 is 10.6 Å². The Bertz CT molecular complexity index is 771. The fourth-order valence-electron chi connectivity index (χ4n) is 2.98. The summed E-state index contributed by atoms with van der Waals surface area (Å²) in [5.41, 5.74) is 1.16. The summed E-state index contributed by atoms with van der Waals surface area (Å²) in [5.74, 6) is 0.353. The number of aldehydes is 1. The molecule has 1 aliphatic rings. The molecule has 2 aromatic rings. The van der Waals surface area contributed by atoms with Gasteiger partial charge >= 0.3 is 6.18 Å².